The van der Waals surface area contributed by atoms with E-state index in [2.05, 4.69) is 10.6 Å². The minimum Gasteiger partial charge on any atom is -0.492 e. The lowest BCUT2D eigenvalue weighted by Gasteiger charge is -2.12. The first-order valence-corrected chi connectivity index (χ1v) is 6.34. The predicted octanol–water partition coefficient (Wildman–Crippen LogP) is 1.80. The molecule has 0 heterocycles. The van der Waals surface area contributed by atoms with Crippen molar-refractivity contribution in [1.82, 2.24) is 5.32 Å². The molecule has 104 valence electrons. The van der Waals surface area contributed by atoms with Gasteiger partial charge in [0.2, 0.25) is 11.8 Å². The summed E-state index contributed by atoms with van der Waals surface area (Å²) in [6, 6.07) is 7.19. The molecule has 0 saturated carbocycles. The number of nitrogens with one attached hydrogen (secondary N) is 2. The maximum absolute atomic E-state index is 11.7. The third-order valence-corrected chi connectivity index (χ3v) is 2.41. The predicted molar refractivity (Wildman–Crippen MR) is 74.1 cm³/mol. The van der Waals surface area contributed by atoms with Crippen LogP contribution in [0.5, 0.6) is 5.75 Å². The molecule has 0 unspecified atom stereocenters. The van der Waals surface area contributed by atoms with Crippen molar-refractivity contribution in [2.75, 3.05) is 18.5 Å². The molecule has 1 rings (SSSR count). The maximum atomic E-state index is 11.7. The van der Waals surface area contributed by atoms with Gasteiger partial charge >= 0.3 is 0 Å². The molecular formula is C14H20N2O3. The van der Waals surface area contributed by atoms with E-state index in [1.807, 2.05) is 19.1 Å². The molecule has 0 aliphatic heterocycles. The SMILES string of the molecule is CCOc1ccccc1NC(=O)CNC(=O)C(C)C. The van der Waals surface area contributed by atoms with Crippen LogP contribution < -0.4 is 15.4 Å². The number of hydrogen-bond donors (Lipinski definition) is 2. The second-order valence-corrected chi connectivity index (χ2v) is 4.35. The van der Waals surface area contributed by atoms with Gasteiger partial charge in [-0.1, -0.05) is 26.0 Å². The van der Waals surface area contributed by atoms with Crippen molar-refractivity contribution in [3.05, 3.63) is 24.3 Å². The number of para-hydroxylation sites is 2. The largest absolute Gasteiger partial charge is 0.492 e. The van der Waals surface area contributed by atoms with Gasteiger partial charge in [0, 0.05) is 5.92 Å². The van der Waals surface area contributed by atoms with Crippen LogP contribution >= 0.6 is 0 Å². The number of carbonyl (C=O) groups is 2. The van der Waals surface area contributed by atoms with Gasteiger partial charge in [0.05, 0.1) is 18.8 Å². The Labute approximate surface area is 113 Å². The van der Waals surface area contributed by atoms with Gasteiger partial charge in [0.1, 0.15) is 5.75 Å². The minimum absolute atomic E-state index is 0.0442. The molecule has 0 bridgehead atoms. The van der Waals surface area contributed by atoms with E-state index < -0.39 is 0 Å². The molecule has 1 aromatic carbocycles. The smallest absolute Gasteiger partial charge is 0.243 e. The highest BCUT2D eigenvalue weighted by molar-refractivity contribution is 5.95. The van der Waals surface area contributed by atoms with Crippen LogP contribution in [0, 0.1) is 5.92 Å². The molecule has 0 saturated heterocycles. The Morgan fingerprint density at radius 2 is 1.95 bits per heavy atom. The quantitative estimate of drug-likeness (QED) is 0.823. The van der Waals surface area contributed by atoms with Crippen molar-refractivity contribution in [2.45, 2.75) is 20.8 Å². The lowest BCUT2D eigenvalue weighted by Crippen LogP contribution is -2.35. The average molecular weight is 264 g/mol. The molecule has 2 amide bonds. The standard InChI is InChI=1S/C14H20N2O3/c1-4-19-12-8-6-5-7-11(12)16-13(17)9-15-14(18)10(2)3/h5-8,10H,4,9H2,1-3H3,(H,15,18)(H,16,17). The van der Waals surface area contributed by atoms with Crippen LogP contribution in [0.1, 0.15) is 20.8 Å². The summed E-state index contributed by atoms with van der Waals surface area (Å²) in [6.07, 6.45) is 0. The van der Waals surface area contributed by atoms with E-state index in [9.17, 15) is 9.59 Å². The van der Waals surface area contributed by atoms with Crippen molar-refractivity contribution >= 4 is 17.5 Å². The van der Waals surface area contributed by atoms with Crippen LogP contribution in [-0.2, 0) is 9.59 Å². The number of benzene rings is 1. The summed E-state index contributed by atoms with van der Waals surface area (Å²) in [5.41, 5.74) is 0.605. The van der Waals surface area contributed by atoms with Gasteiger partial charge < -0.3 is 15.4 Å². The zero-order valence-electron chi connectivity index (χ0n) is 11.5. The van der Waals surface area contributed by atoms with E-state index in [0.29, 0.717) is 18.0 Å². The summed E-state index contributed by atoms with van der Waals surface area (Å²) in [5.74, 6) is 0.0615. The number of rotatable bonds is 6. The Kier molecular flexibility index (Phi) is 5.85. The van der Waals surface area contributed by atoms with Gasteiger partial charge in [-0.25, -0.2) is 0 Å². The van der Waals surface area contributed by atoms with E-state index in [4.69, 9.17) is 4.74 Å². The van der Waals surface area contributed by atoms with Gasteiger partial charge in [-0.2, -0.15) is 0 Å². The summed E-state index contributed by atoms with van der Waals surface area (Å²) in [4.78, 5) is 23.1. The third-order valence-electron chi connectivity index (χ3n) is 2.41. The molecular weight excluding hydrogens is 244 g/mol. The lowest BCUT2D eigenvalue weighted by atomic mass is 10.2. The van der Waals surface area contributed by atoms with Gasteiger partial charge in [-0.15, -0.1) is 0 Å². The average Bonchev–Trinajstić information content (AvgIpc) is 2.38. The van der Waals surface area contributed by atoms with Gasteiger partial charge in [0.15, 0.2) is 0 Å². The van der Waals surface area contributed by atoms with Crippen LogP contribution in [-0.4, -0.2) is 25.0 Å². The normalized spacial score (nSPS) is 10.1. The summed E-state index contributed by atoms with van der Waals surface area (Å²) in [7, 11) is 0. The fourth-order valence-electron chi connectivity index (χ4n) is 1.42. The van der Waals surface area contributed by atoms with Crippen LogP contribution in [0.3, 0.4) is 0 Å². The highest BCUT2D eigenvalue weighted by Crippen LogP contribution is 2.23. The highest BCUT2D eigenvalue weighted by Gasteiger charge is 2.10. The van der Waals surface area contributed by atoms with Crippen molar-refractivity contribution in [3.8, 4) is 5.75 Å². The Morgan fingerprint density at radius 3 is 2.58 bits per heavy atom. The number of ether oxygens (including phenoxy) is 1. The molecule has 2 N–H and O–H groups in total. The fourth-order valence-corrected chi connectivity index (χ4v) is 1.42. The van der Waals surface area contributed by atoms with Crippen molar-refractivity contribution in [1.29, 1.82) is 0 Å². The second kappa shape index (κ2) is 7.41. The molecule has 5 nitrogen and oxygen atoms in total. The van der Waals surface area contributed by atoms with E-state index in [0.717, 1.165) is 0 Å². The number of anilines is 1. The number of hydrogen-bond acceptors (Lipinski definition) is 3. The van der Waals surface area contributed by atoms with Gasteiger partial charge in [-0.3, -0.25) is 9.59 Å². The molecule has 0 radical (unpaired) electrons. The van der Waals surface area contributed by atoms with E-state index in [1.54, 1.807) is 26.0 Å². The first kappa shape index (κ1) is 15.0. The Bertz CT molecular complexity index is 444. The zero-order valence-corrected chi connectivity index (χ0v) is 11.5. The number of carbonyl (C=O) groups excluding carboxylic acids is 2. The summed E-state index contributed by atoms with van der Waals surface area (Å²) in [6.45, 7) is 5.91. The van der Waals surface area contributed by atoms with Crippen LogP contribution in [0.4, 0.5) is 5.69 Å². The summed E-state index contributed by atoms with van der Waals surface area (Å²) in [5, 5.41) is 5.27. The summed E-state index contributed by atoms with van der Waals surface area (Å²) >= 11 is 0. The lowest BCUT2D eigenvalue weighted by molar-refractivity contribution is -0.126. The van der Waals surface area contributed by atoms with Gasteiger partial charge in [-0.05, 0) is 19.1 Å². The van der Waals surface area contributed by atoms with Crippen LogP contribution in [0.2, 0.25) is 0 Å². The second-order valence-electron chi connectivity index (χ2n) is 4.35. The van der Waals surface area contributed by atoms with Crippen LogP contribution in [0.15, 0.2) is 24.3 Å². The van der Waals surface area contributed by atoms with Gasteiger partial charge in [0.25, 0.3) is 0 Å². The molecule has 0 aliphatic carbocycles. The molecule has 5 heteroatoms. The van der Waals surface area contributed by atoms with Crippen molar-refractivity contribution in [3.63, 3.8) is 0 Å². The Morgan fingerprint density at radius 1 is 1.26 bits per heavy atom. The molecule has 0 fully saturated rings. The highest BCUT2D eigenvalue weighted by atomic mass is 16.5. The topological polar surface area (TPSA) is 67.4 Å². The molecule has 0 aromatic heterocycles. The monoisotopic (exact) mass is 264 g/mol. The summed E-state index contributed by atoms with van der Waals surface area (Å²) < 4.78 is 5.40. The van der Waals surface area contributed by atoms with E-state index in [-0.39, 0.29) is 24.3 Å². The molecule has 19 heavy (non-hydrogen) atoms. The first-order valence-electron chi connectivity index (χ1n) is 6.34. The minimum atomic E-state index is -0.277. The molecule has 0 aliphatic rings. The maximum Gasteiger partial charge on any atom is 0.243 e. The molecule has 1 aromatic rings. The number of amides is 2. The Balaban J connectivity index is 2.55. The Hall–Kier alpha value is -2.04. The third kappa shape index (κ3) is 4.99. The van der Waals surface area contributed by atoms with Crippen molar-refractivity contribution < 1.29 is 14.3 Å². The van der Waals surface area contributed by atoms with E-state index in [1.165, 1.54) is 0 Å². The molecule has 0 spiro atoms. The van der Waals surface area contributed by atoms with Crippen LogP contribution in [0.25, 0.3) is 0 Å². The van der Waals surface area contributed by atoms with Crippen molar-refractivity contribution in [2.24, 2.45) is 5.92 Å². The molecule has 0 atom stereocenters. The first-order chi connectivity index (χ1) is 9.04. The fraction of sp³-hybridized carbons (Fsp3) is 0.429. The van der Waals surface area contributed by atoms with E-state index >= 15 is 0 Å². The zero-order chi connectivity index (χ0) is 14.3.